The van der Waals surface area contributed by atoms with Crippen molar-refractivity contribution in [3.63, 3.8) is 0 Å². The number of halogens is 1. The minimum Gasteiger partial charge on any atom is -0.361 e. The lowest BCUT2D eigenvalue weighted by Crippen LogP contribution is -2.49. The van der Waals surface area contributed by atoms with Gasteiger partial charge in [-0.3, -0.25) is 4.79 Å². The number of nitrogens with one attached hydrogen (secondary N) is 4. The summed E-state index contributed by atoms with van der Waals surface area (Å²) >= 11 is 3.43. The van der Waals surface area contributed by atoms with Crippen LogP contribution in [0.5, 0.6) is 0 Å². The number of anilines is 1. The van der Waals surface area contributed by atoms with E-state index >= 15 is 0 Å². The molecule has 3 amide bonds. The van der Waals surface area contributed by atoms with Gasteiger partial charge in [0.25, 0.3) is 0 Å². The number of carbonyl (C=O) groups is 2. The van der Waals surface area contributed by atoms with Gasteiger partial charge in [0.2, 0.25) is 5.91 Å². The molecule has 4 aromatic rings. The molecule has 0 radical (unpaired) electrons. The number of amides is 3. The number of benzene rings is 3. The molecule has 0 saturated carbocycles. The molecule has 1 unspecified atom stereocenters. The maximum absolute atomic E-state index is 13.1. The van der Waals surface area contributed by atoms with Crippen LogP contribution in [0.25, 0.3) is 10.9 Å². The molecule has 168 valence electrons. The van der Waals surface area contributed by atoms with Gasteiger partial charge in [0.15, 0.2) is 0 Å². The van der Waals surface area contributed by atoms with Crippen LogP contribution in [0.4, 0.5) is 10.5 Å². The molecular formula is C26H25BrN4O2. The van der Waals surface area contributed by atoms with Crippen LogP contribution < -0.4 is 16.0 Å². The lowest BCUT2D eigenvalue weighted by atomic mass is 10.0. The van der Waals surface area contributed by atoms with Gasteiger partial charge in [-0.25, -0.2) is 4.79 Å². The molecule has 0 saturated heterocycles. The van der Waals surface area contributed by atoms with Crippen molar-refractivity contribution in [3.8, 4) is 0 Å². The first kappa shape index (κ1) is 22.6. The van der Waals surface area contributed by atoms with Gasteiger partial charge in [-0.15, -0.1) is 0 Å². The van der Waals surface area contributed by atoms with Crippen LogP contribution in [-0.2, 0) is 17.6 Å². The zero-order valence-corrected chi connectivity index (χ0v) is 19.6. The summed E-state index contributed by atoms with van der Waals surface area (Å²) in [5, 5.41) is 9.66. The summed E-state index contributed by atoms with van der Waals surface area (Å²) in [6.07, 6.45) is 2.97. The van der Waals surface area contributed by atoms with E-state index < -0.39 is 12.1 Å². The molecule has 4 rings (SSSR count). The van der Waals surface area contributed by atoms with Crippen LogP contribution in [0, 0.1) is 0 Å². The summed E-state index contributed by atoms with van der Waals surface area (Å²) in [7, 11) is 0. The number of carbonyl (C=O) groups excluding carboxylic acids is 2. The first-order valence-corrected chi connectivity index (χ1v) is 11.6. The van der Waals surface area contributed by atoms with Gasteiger partial charge in [0.05, 0.1) is 5.69 Å². The molecule has 7 heteroatoms. The maximum atomic E-state index is 13.1. The summed E-state index contributed by atoms with van der Waals surface area (Å²) in [6, 6.07) is 24.0. The van der Waals surface area contributed by atoms with Crippen LogP contribution in [-0.4, -0.2) is 29.5 Å². The van der Waals surface area contributed by atoms with Crippen LogP contribution in [0.15, 0.2) is 89.5 Å². The number of rotatable bonds is 8. The maximum Gasteiger partial charge on any atom is 0.319 e. The van der Waals surface area contributed by atoms with Gasteiger partial charge in [-0.2, -0.15) is 0 Å². The molecule has 0 aliphatic heterocycles. The third kappa shape index (κ3) is 6.02. The van der Waals surface area contributed by atoms with E-state index in [-0.39, 0.29) is 5.91 Å². The lowest BCUT2D eigenvalue weighted by molar-refractivity contribution is -0.122. The first-order chi connectivity index (χ1) is 16.1. The molecule has 33 heavy (non-hydrogen) atoms. The normalized spacial score (nSPS) is 11.7. The zero-order valence-electron chi connectivity index (χ0n) is 18.0. The highest BCUT2D eigenvalue weighted by molar-refractivity contribution is 9.10. The molecule has 0 aliphatic rings. The van der Waals surface area contributed by atoms with E-state index in [0.29, 0.717) is 18.7 Å². The Kier molecular flexibility index (Phi) is 7.42. The van der Waals surface area contributed by atoms with Crippen LogP contribution in [0.3, 0.4) is 0 Å². The number of aromatic nitrogens is 1. The number of H-pyrrole nitrogens is 1. The molecule has 3 aromatic carbocycles. The predicted octanol–water partition coefficient (Wildman–Crippen LogP) is 5.02. The van der Waals surface area contributed by atoms with Crippen molar-refractivity contribution in [3.05, 3.63) is 101 Å². The molecule has 0 spiro atoms. The Morgan fingerprint density at radius 2 is 1.64 bits per heavy atom. The van der Waals surface area contributed by atoms with Crippen molar-refractivity contribution < 1.29 is 9.59 Å². The number of hydrogen-bond donors (Lipinski definition) is 4. The van der Waals surface area contributed by atoms with E-state index in [0.717, 1.165) is 32.9 Å². The quantitative estimate of drug-likeness (QED) is 0.271. The van der Waals surface area contributed by atoms with E-state index in [4.69, 9.17) is 0 Å². The van der Waals surface area contributed by atoms with Gasteiger partial charge >= 0.3 is 6.03 Å². The molecular weight excluding hydrogens is 480 g/mol. The van der Waals surface area contributed by atoms with Crippen molar-refractivity contribution in [1.29, 1.82) is 0 Å². The third-order valence-electron chi connectivity index (χ3n) is 5.40. The Morgan fingerprint density at radius 3 is 2.45 bits per heavy atom. The van der Waals surface area contributed by atoms with Crippen LogP contribution in [0.1, 0.15) is 11.1 Å². The summed E-state index contributed by atoms with van der Waals surface area (Å²) in [6.45, 7) is 0.487. The van der Waals surface area contributed by atoms with Gasteiger partial charge in [-0.1, -0.05) is 60.7 Å². The predicted molar refractivity (Wildman–Crippen MR) is 135 cm³/mol. The van der Waals surface area contributed by atoms with Crippen molar-refractivity contribution in [2.24, 2.45) is 0 Å². The standard InChI is InChI=1S/C26H25BrN4O2/c27-21-11-5-7-13-23(21)30-26(33)31-24(16-19-17-29-22-12-6-4-10-20(19)22)25(32)28-15-14-18-8-2-1-3-9-18/h1-13,17,24,29H,14-16H2,(H,28,32)(H2,30,31,33). The number of para-hydroxylation sites is 2. The highest BCUT2D eigenvalue weighted by Crippen LogP contribution is 2.22. The SMILES string of the molecule is O=C(Nc1ccccc1Br)NC(Cc1c[nH]c2ccccc12)C(=O)NCCc1ccccc1. The van der Waals surface area contributed by atoms with Crippen LogP contribution >= 0.6 is 15.9 Å². The fourth-order valence-electron chi connectivity index (χ4n) is 3.71. The summed E-state index contributed by atoms with van der Waals surface area (Å²) < 4.78 is 0.764. The molecule has 4 N–H and O–H groups in total. The summed E-state index contributed by atoms with van der Waals surface area (Å²) in [4.78, 5) is 29.0. The molecule has 1 heterocycles. The van der Waals surface area contributed by atoms with Gasteiger partial charge < -0.3 is 20.9 Å². The summed E-state index contributed by atoms with van der Waals surface area (Å²) in [5.41, 5.74) is 3.74. The van der Waals surface area contributed by atoms with Crippen molar-refractivity contribution >= 4 is 44.5 Å². The van der Waals surface area contributed by atoms with E-state index in [2.05, 4.69) is 36.9 Å². The Balaban J connectivity index is 1.46. The lowest BCUT2D eigenvalue weighted by Gasteiger charge is -2.19. The van der Waals surface area contributed by atoms with Crippen molar-refractivity contribution in [1.82, 2.24) is 15.6 Å². The van der Waals surface area contributed by atoms with E-state index in [1.165, 1.54) is 0 Å². The molecule has 1 aromatic heterocycles. The summed E-state index contributed by atoms with van der Waals surface area (Å²) in [5.74, 6) is -0.224. The van der Waals surface area contributed by atoms with Crippen LogP contribution in [0.2, 0.25) is 0 Å². The smallest absolute Gasteiger partial charge is 0.319 e. The number of fused-ring (bicyclic) bond motifs is 1. The monoisotopic (exact) mass is 504 g/mol. The van der Waals surface area contributed by atoms with Gasteiger partial charge in [0.1, 0.15) is 6.04 Å². The van der Waals surface area contributed by atoms with Gasteiger partial charge in [0, 0.05) is 34.5 Å². The zero-order chi connectivity index (χ0) is 23.0. The Morgan fingerprint density at radius 1 is 0.909 bits per heavy atom. The molecule has 1 atom stereocenters. The van der Waals surface area contributed by atoms with E-state index in [1.54, 1.807) is 6.07 Å². The minimum atomic E-state index is -0.734. The highest BCUT2D eigenvalue weighted by atomic mass is 79.9. The topological polar surface area (TPSA) is 86.0 Å². The number of aromatic amines is 1. The first-order valence-electron chi connectivity index (χ1n) is 10.8. The van der Waals surface area contributed by atoms with Crippen molar-refractivity contribution in [2.75, 3.05) is 11.9 Å². The largest absolute Gasteiger partial charge is 0.361 e. The minimum absolute atomic E-state index is 0.224. The second kappa shape index (κ2) is 10.8. The Hall–Kier alpha value is -3.58. The van der Waals surface area contributed by atoms with Crippen molar-refractivity contribution in [2.45, 2.75) is 18.9 Å². The second-order valence-corrected chi connectivity index (χ2v) is 8.58. The van der Waals surface area contributed by atoms with E-state index in [1.807, 2.05) is 79.0 Å². The fraction of sp³-hybridized carbons (Fsp3) is 0.154. The molecule has 0 fully saturated rings. The Bertz CT molecular complexity index is 1240. The average Bonchev–Trinajstić information content (AvgIpc) is 3.23. The molecule has 0 aliphatic carbocycles. The average molecular weight is 505 g/mol. The number of urea groups is 1. The highest BCUT2D eigenvalue weighted by Gasteiger charge is 2.23. The second-order valence-electron chi connectivity index (χ2n) is 7.72. The van der Waals surface area contributed by atoms with E-state index in [9.17, 15) is 9.59 Å². The fourth-order valence-corrected chi connectivity index (χ4v) is 4.09. The molecule has 6 nitrogen and oxygen atoms in total. The number of hydrogen-bond acceptors (Lipinski definition) is 2. The van der Waals surface area contributed by atoms with Gasteiger partial charge in [-0.05, 0) is 51.7 Å². The molecule has 0 bridgehead atoms. The third-order valence-corrected chi connectivity index (χ3v) is 6.09. The Labute approximate surface area is 200 Å².